The number of nitrogens with zero attached hydrogens (tertiary/aromatic N) is 1. The Morgan fingerprint density at radius 1 is 1.53 bits per heavy atom. The van der Waals surface area contributed by atoms with E-state index in [2.05, 4.69) is 17.9 Å². The van der Waals surface area contributed by atoms with E-state index in [0.717, 1.165) is 25.1 Å². The van der Waals surface area contributed by atoms with E-state index in [-0.39, 0.29) is 12.3 Å². The summed E-state index contributed by atoms with van der Waals surface area (Å²) < 4.78 is 5.13. The number of rotatable bonds is 6. The Morgan fingerprint density at radius 3 is 2.95 bits per heavy atom. The van der Waals surface area contributed by atoms with Crippen molar-refractivity contribution in [2.24, 2.45) is 0 Å². The number of hydrogen-bond donors (Lipinski definition) is 1. The van der Waals surface area contributed by atoms with Crippen LogP contribution in [0.15, 0.2) is 24.3 Å². The summed E-state index contributed by atoms with van der Waals surface area (Å²) >= 11 is 0. The maximum Gasteiger partial charge on any atom is 0.304 e. The van der Waals surface area contributed by atoms with Gasteiger partial charge in [-0.1, -0.05) is 18.2 Å². The van der Waals surface area contributed by atoms with Crippen LogP contribution in [0.2, 0.25) is 0 Å². The average molecular weight is 263 g/mol. The summed E-state index contributed by atoms with van der Waals surface area (Å²) in [7, 11) is 1.71. The molecule has 1 heterocycles. The Balaban J connectivity index is 2.17. The van der Waals surface area contributed by atoms with Gasteiger partial charge in [0.2, 0.25) is 0 Å². The Bertz CT molecular complexity index is 447. The third kappa shape index (κ3) is 3.07. The van der Waals surface area contributed by atoms with E-state index < -0.39 is 5.97 Å². The lowest BCUT2D eigenvalue weighted by Gasteiger charge is -2.27. The van der Waals surface area contributed by atoms with E-state index in [1.54, 1.807) is 7.11 Å². The molecule has 4 heteroatoms. The predicted molar refractivity (Wildman–Crippen MR) is 74.7 cm³/mol. The molecule has 19 heavy (non-hydrogen) atoms. The number of anilines is 1. The Kier molecular flexibility index (Phi) is 4.43. The molecule has 104 valence electrons. The molecule has 1 aromatic rings. The van der Waals surface area contributed by atoms with E-state index in [0.29, 0.717) is 6.04 Å². The van der Waals surface area contributed by atoms with Crippen molar-refractivity contribution in [1.82, 2.24) is 0 Å². The monoisotopic (exact) mass is 263 g/mol. The smallest absolute Gasteiger partial charge is 0.304 e. The molecule has 0 amide bonds. The van der Waals surface area contributed by atoms with Gasteiger partial charge in [-0.05, 0) is 25.0 Å². The molecule has 1 N–H and O–H groups in total. The number of para-hydroxylation sites is 1. The molecule has 0 saturated heterocycles. The van der Waals surface area contributed by atoms with Gasteiger partial charge in [-0.2, -0.15) is 0 Å². The lowest BCUT2D eigenvalue weighted by atomic mass is 9.98. The molecular formula is C15H21NO3. The first-order valence-corrected chi connectivity index (χ1v) is 6.69. The van der Waals surface area contributed by atoms with E-state index in [1.165, 1.54) is 5.69 Å². The van der Waals surface area contributed by atoms with Crippen molar-refractivity contribution in [2.45, 2.75) is 31.7 Å². The van der Waals surface area contributed by atoms with Crippen LogP contribution in [0.5, 0.6) is 0 Å². The highest BCUT2D eigenvalue weighted by atomic mass is 16.5. The van der Waals surface area contributed by atoms with Gasteiger partial charge in [-0.3, -0.25) is 4.79 Å². The van der Waals surface area contributed by atoms with Gasteiger partial charge >= 0.3 is 5.97 Å². The Labute approximate surface area is 114 Å². The molecule has 0 aliphatic carbocycles. The van der Waals surface area contributed by atoms with Gasteiger partial charge in [0, 0.05) is 37.9 Å². The number of aliphatic carboxylic acids is 1. The minimum Gasteiger partial charge on any atom is -0.481 e. The van der Waals surface area contributed by atoms with Gasteiger partial charge < -0.3 is 14.7 Å². The number of carboxylic acid groups (broad SMARTS) is 1. The highest BCUT2D eigenvalue weighted by molar-refractivity contribution is 5.71. The van der Waals surface area contributed by atoms with Crippen LogP contribution in [0.1, 0.15) is 31.2 Å². The van der Waals surface area contributed by atoms with Crippen molar-refractivity contribution in [3.63, 3.8) is 0 Å². The molecule has 0 fully saturated rings. The number of hydrogen-bond acceptors (Lipinski definition) is 3. The number of fused-ring (bicyclic) bond motifs is 1. The molecule has 0 saturated carbocycles. The maximum atomic E-state index is 11.0. The number of carbonyl (C=O) groups is 1. The zero-order valence-electron chi connectivity index (χ0n) is 11.5. The molecule has 2 unspecified atom stereocenters. The fourth-order valence-corrected chi connectivity index (χ4v) is 2.78. The Morgan fingerprint density at radius 2 is 2.26 bits per heavy atom. The van der Waals surface area contributed by atoms with Crippen molar-refractivity contribution >= 4 is 11.7 Å². The van der Waals surface area contributed by atoms with Crippen LogP contribution in [0.25, 0.3) is 0 Å². The second-order valence-corrected chi connectivity index (χ2v) is 5.14. The first kappa shape index (κ1) is 13.9. The molecule has 1 aliphatic rings. The van der Waals surface area contributed by atoms with Crippen LogP contribution in [0.3, 0.4) is 0 Å². The number of benzene rings is 1. The predicted octanol–water partition coefficient (Wildman–Crippen LogP) is 2.49. The van der Waals surface area contributed by atoms with E-state index in [1.807, 2.05) is 18.2 Å². The van der Waals surface area contributed by atoms with Crippen LogP contribution in [-0.4, -0.2) is 37.4 Å². The SMILES string of the molecule is COCCC(C)N1CC(CC(=O)O)c2ccccc21. The van der Waals surface area contributed by atoms with Gasteiger partial charge in [0.1, 0.15) is 0 Å². The highest BCUT2D eigenvalue weighted by Gasteiger charge is 2.31. The molecule has 2 rings (SSSR count). The summed E-state index contributed by atoms with van der Waals surface area (Å²) in [5.74, 6) is -0.634. The zero-order valence-corrected chi connectivity index (χ0v) is 11.5. The van der Waals surface area contributed by atoms with Crippen LogP contribution >= 0.6 is 0 Å². The minimum atomic E-state index is -0.730. The second-order valence-electron chi connectivity index (χ2n) is 5.14. The average Bonchev–Trinajstić information content (AvgIpc) is 2.75. The molecule has 2 atom stereocenters. The highest BCUT2D eigenvalue weighted by Crippen LogP contribution is 2.39. The number of ether oxygens (including phenoxy) is 1. The third-order valence-electron chi connectivity index (χ3n) is 3.80. The van der Waals surface area contributed by atoms with Crippen molar-refractivity contribution < 1.29 is 14.6 Å². The lowest BCUT2D eigenvalue weighted by molar-refractivity contribution is -0.137. The number of carboxylic acids is 1. The number of methoxy groups -OCH3 is 1. The van der Waals surface area contributed by atoms with Crippen LogP contribution in [0, 0.1) is 0 Å². The van der Waals surface area contributed by atoms with E-state index in [4.69, 9.17) is 9.84 Å². The fourth-order valence-electron chi connectivity index (χ4n) is 2.78. The van der Waals surface area contributed by atoms with Crippen molar-refractivity contribution in [1.29, 1.82) is 0 Å². The van der Waals surface area contributed by atoms with Crippen LogP contribution in [0.4, 0.5) is 5.69 Å². The van der Waals surface area contributed by atoms with Gasteiger partial charge in [0.05, 0.1) is 6.42 Å². The summed E-state index contributed by atoms with van der Waals surface area (Å²) in [6.07, 6.45) is 1.15. The van der Waals surface area contributed by atoms with E-state index >= 15 is 0 Å². The molecule has 1 aromatic carbocycles. The fraction of sp³-hybridized carbons (Fsp3) is 0.533. The second kappa shape index (κ2) is 6.06. The summed E-state index contributed by atoms with van der Waals surface area (Å²) in [6, 6.07) is 8.49. The Hall–Kier alpha value is -1.55. The summed E-state index contributed by atoms with van der Waals surface area (Å²) in [4.78, 5) is 13.3. The first-order valence-electron chi connectivity index (χ1n) is 6.69. The largest absolute Gasteiger partial charge is 0.481 e. The van der Waals surface area contributed by atoms with Gasteiger partial charge in [-0.25, -0.2) is 0 Å². The third-order valence-corrected chi connectivity index (χ3v) is 3.80. The normalized spacial score (nSPS) is 19.3. The maximum absolute atomic E-state index is 11.0. The molecular weight excluding hydrogens is 242 g/mol. The van der Waals surface area contributed by atoms with Gasteiger partial charge in [0.15, 0.2) is 0 Å². The van der Waals surface area contributed by atoms with E-state index in [9.17, 15) is 4.79 Å². The molecule has 0 aromatic heterocycles. The van der Waals surface area contributed by atoms with Crippen molar-refractivity contribution in [2.75, 3.05) is 25.2 Å². The zero-order chi connectivity index (χ0) is 13.8. The van der Waals surface area contributed by atoms with Gasteiger partial charge in [0.25, 0.3) is 0 Å². The topological polar surface area (TPSA) is 49.8 Å². The summed E-state index contributed by atoms with van der Waals surface area (Å²) in [6.45, 7) is 3.68. The molecule has 0 bridgehead atoms. The lowest BCUT2D eigenvalue weighted by Crippen LogP contribution is -2.33. The molecule has 1 aliphatic heterocycles. The van der Waals surface area contributed by atoms with Gasteiger partial charge in [-0.15, -0.1) is 0 Å². The minimum absolute atomic E-state index is 0.0960. The first-order chi connectivity index (χ1) is 9.13. The molecule has 4 nitrogen and oxygen atoms in total. The molecule has 0 spiro atoms. The van der Waals surface area contributed by atoms with Crippen molar-refractivity contribution in [3.8, 4) is 0 Å². The van der Waals surface area contributed by atoms with Crippen molar-refractivity contribution in [3.05, 3.63) is 29.8 Å². The van der Waals surface area contributed by atoms with Crippen LogP contribution < -0.4 is 4.90 Å². The van der Waals surface area contributed by atoms with Crippen LogP contribution in [-0.2, 0) is 9.53 Å². The summed E-state index contributed by atoms with van der Waals surface area (Å²) in [5, 5.41) is 9.03. The quantitative estimate of drug-likeness (QED) is 0.856. The summed E-state index contributed by atoms with van der Waals surface area (Å²) in [5.41, 5.74) is 2.34. The standard InChI is InChI=1S/C15H21NO3/c1-11(7-8-19-2)16-10-12(9-15(17)18)13-5-3-4-6-14(13)16/h3-6,11-12H,7-10H2,1-2H3,(H,17,18). The molecule has 0 radical (unpaired) electrons.